The normalized spacial score (nSPS) is 11.4. The summed E-state index contributed by atoms with van der Waals surface area (Å²) in [6, 6.07) is 6.54. The topological polar surface area (TPSA) is 64.9 Å². The van der Waals surface area contributed by atoms with E-state index in [9.17, 15) is 4.79 Å². The smallest absolute Gasteiger partial charge is 0.242 e. The number of hydrogen-bond donors (Lipinski definition) is 2. The Kier molecular flexibility index (Phi) is 5.47. The third kappa shape index (κ3) is 3.94. The van der Waals surface area contributed by atoms with E-state index in [1.165, 1.54) is 0 Å². The number of carbonyl (C=O) groups excluding carboxylic acids is 1. The number of amides is 1. The predicted molar refractivity (Wildman–Crippen MR) is 72.6 cm³/mol. The van der Waals surface area contributed by atoms with Crippen LogP contribution < -0.4 is 10.6 Å². The second-order valence-corrected chi connectivity index (χ2v) is 4.37. The zero-order chi connectivity index (χ0) is 13.5. The van der Waals surface area contributed by atoms with Gasteiger partial charge in [0, 0.05) is 6.54 Å². The Morgan fingerprint density at radius 2 is 2.28 bits per heavy atom. The Hall–Kier alpha value is -1.73. The minimum Gasteiger partial charge on any atom is -0.373 e. The number of carbonyl (C=O) groups is 1. The molecule has 96 valence electrons. The molecule has 0 aliphatic rings. The van der Waals surface area contributed by atoms with E-state index >= 15 is 0 Å². The van der Waals surface area contributed by atoms with E-state index < -0.39 is 6.04 Å². The number of nitriles is 1. The molecule has 4 nitrogen and oxygen atoms in total. The zero-order valence-electron chi connectivity index (χ0n) is 10.5. The summed E-state index contributed by atoms with van der Waals surface area (Å²) in [5, 5.41) is 15.1. The zero-order valence-corrected chi connectivity index (χ0v) is 11.2. The monoisotopic (exact) mass is 265 g/mol. The molecule has 1 aromatic carbocycles. The number of nitrogens with zero attached hydrogens (tertiary/aromatic N) is 1. The summed E-state index contributed by atoms with van der Waals surface area (Å²) in [6.45, 7) is 4.39. The van der Waals surface area contributed by atoms with Crippen molar-refractivity contribution in [1.29, 1.82) is 5.26 Å². The van der Waals surface area contributed by atoms with E-state index in [1.807, 2.05) is 13.0 Å². The second-order valence-electron chi connectivity index (χ2n) is 3.96. The molecule has 5 heteroatoms. The van der Waals surface area contributed by atoms with Gasteiger partial charge in [0.25, 0.3) is 0 Å². The molecule has 0 saturated heterocycles. The van der Waals surface area contributed by atoms with Crippen LogP contribution in [0.3, 0.4) is 0 Å². The fourth-order valence-electron chi connectivity index (χ4n) is 1.41. The van der Waals surface area contributed by atoms with E-state index in [0.717, 1.165) is 6.42 Å². The molecule has 0 heterocycles. The van der Waals surface area contributed by atoms with Crippen LogP contribution >= 0.6 is 11.6 Å². The minimum absolute atomic E-state index is 0.0877. The van der Waals surface area contributed by atoms with Crippen molar-refractivity contribution in [2.45, 2.75) is 26.3 Å². The Bertz CT molecular complexity index is 468. The molecule has 0 radical (unpaired) electrons. The predicted octanol–water partition coefficient (Wildman–Crippen LogP) is 2.54. The van der Waals surface area contributed by atoms with Crippen molar-refractivity contribution < 1.29 is 4.79 Å². The molecule has 0 saturated carbocycles. The van der Waals surface area contributed by atoms with Gasteiger partial charge in [-0.05, 0) is 31.5 Å². The van der Waals surface area contributed by atoms with Crippen LogP contribution in [-0.4, -0.2) is 18.5 Å². The molecule has 1 aromatic rings. The standard InChI is InChI=1S/C13H16ClN3O/c1-3-6-16-13(18)9(2)17-12-7-10(8-15)4-5-11(12)14/h4-5,7,9,17H,3,6H2,1-2H3,(H,16,18). The lowest BCUT2D eigenvalue weighted by atomic mass is 10.2. The van der Waals surface area contributed by atoms with Gasteiger partial charge in [0.2, 0.25) is 5.91 Å². The van der Waals surface area contributed by atoms with Crippen molar-refractivity contribution in [1.82, 2.24) is 5.32 Å². The molecule has 1 amide bonds. The number of benzene rings is 1. The highest BCUT2D eigenvalue weighted by atomic mass is 35.5. The molecule has 0 bridgehead atoms. The van der Waals surface area contributed by atoms with Crippen LogP contribution in [0.4, 0.5) is 5.69 Å². The number of halogens is 1. The van der Waals surface area contributed by atoms with E-state index in [-0.39, 0.29) is 5.91 Å². The highest BCUT2D eigenvalue weighted by Gasteiger charge is 2.13. The van der Waals surface area contributed by atoms with Gasteiger partial charge < -0.3 is 10.6 Å². The Labute approximate surface area is 112 Å². The van der Waals surface area contributed by atoms with E-state index in [4.69, 9.17) is 16.9 Å². The molecule has 1 atom stereocenters. The lowest BCUT2D eigenvalue weighted by Gasteiger charge is -2.16. The van der Waals surface area contributed by atoms with Crippen LogP contribution in [0.2, 0.25) is 5.02 Å². The number of hydrogen-bond acceptors (Lipinski definition) is 3. The number of nitrogens with one attached hydrogen (secondary N) is 2. The first-order valence-electron chi connectivity index (χ1n) is 5.82. The lowest BCUT2D eigenvalue weighted by molar-refractivity contribution is -0.121. The molecular weight excluding hydrogens is 250 g/mol. The first kappa shape index (κ1) is 14.3. The summed E-state index contributed by atoms with van der Waals surface area (Å²) in [6.07, 6.45) is 0.892. The van der Waals surface area contributed by atoms with Crippen LogP contribution in [-0.2, 0) is 4.79 Å². The lowest BCUT2D eigenvalue weighted by Crippen LogP contribution is -2.37. The van der Waals surface area contributed by atoms with E-state index in [0.29, 0.717) is 22.8 Å². The van der Waals surface area contributed by atoms with Gasteiger partial charge in [-0.3, -0.25) is 4.79 Å². The maximum absolute atomic E-state index is 11.7. The van der Waals surface area contributed by atoms with Crippen LogP contribution in [0.5, 0.6) is 0 Å². The molecule has 18 heavy (non-hydrogen) atoms. The summed E-state index contributed by atoms with van der Waals surface area (Å²) in [5.41, 5.74) is 1.10. The maximum Gasteiger partial charge on any atom is 0.242 e. The molecular formula is C13H16ClN3O. The SMILES string of the molecule is CCCNC(=O)C(C)Nc1cc(C#N)ccc1Cl. The quantitative estimate of drug-likeness (QED) is 0.860. The summed E-state index contributed by atoms with van der Waals surface area (Å²) in [4.78, 5) is 11.7. The summed E-state index contributed by atoms with van der Waals surface area (Å²) < 4.78 is 0. The average molecular weight is 266 g/mol. The second kappa shape index (κ2) is 6.87. The maximum atomic E-state index is 11.7. The largest absolute Gasteiger partial charge is 0.373 e. The van der Waals surface area contributed by atoms with Gasteiger partial charge in [-0.1, -0.05) is 18.5 Å². The highest BCUT2D eigenvalue weighted by molar-refractivity contribution is 6.33. The molecule has 1 rings (SSSR count). The van der Waals surface area contributed by atoms with Crippen LogP contribution in [0, 0.1) is 11.3 Å². The van der Waals surface area contributed by atoms with Crippen molar-refractivity contribution >= 4 is 23.2 Å². The van der Waals surface area contributed by atoms with Crippen molar-refractivity contribution in [3.05, 3.63) is 28.8 Å². The Balaban J connectivity index is 2.72. The van der Waals surface area contributed by atoms with Crippen LogP contribution in [0.1, 0.15) is 25.8 Å². The van der Waals surface area contributed by atoms with E-state index in [2.05, 4.69) is 10.6 Å². The van der Waals surface area contributed by atoms with Gasteiger partial charge in [-0.2, -0.15) is 5.26 Å². The Morgan fingerprint density at radius 1 is 1.56 bits per heavy atom. The van der Waals surface area contributed by atoms with Crippen LogP contribution in [0.25, 0.3) is 0 Å². The fraction of sp³-hybridized carbons (Fsp3) is 0.385. The summed E-state index contributed by atoms with van der Waals surface area (Å²) >= 11 is 6.00. The molecule has 0 aliphatic carbocycles. The molecule has 1 unspecified atom stereocenters. The molecule has 0 fully saturated rings. The van der Waals surface area contributed by atoms with Gasteiger partial charge >= 0.3 is 0 Å². The molecule has 2 N–H and O–H groups in total. The van der Waals surface area contributed by atoms with Gasteiger partial charge in [-0.15, -0.1) is 0 Å². The average Bonchev–Trinajstić information content (AvgIpc) is 2.38. The number of rotatable bonds is 5. The van der Waals surface area contributed by atoms with E-state index in [1.54, 1.807) is 25.1 Å². The molecule has 0 aliphatic heterocycles. The van der Waals surface area contributed by atoms with Crippen molar-refractivity contribution in [3.63, 3.8) is 0 Å². The molecule has 0 spiro atoms. The highest BCUT2D eigenvalue weighted by Crippen LogP contribution is 2.23. The van der Waals surface area contributed by atoms with Gasteiger partial charge in [0.15, 0.2) is 0 Å². The van der Waals surface area contributed by atoms with Gasteiger partial charge in [0.1, 0.15) is 6.04 Å². The van der Waals surface area contributed by atoms with Crippen LogP contribution in [0.15, 0.2) is 18.2 Å². The Morgan fingerprint density at radius 3 is 2.89 bits per heavy atom. The van der Waals surface area contributed by atoms with Gasteiger partial charge in [0.05, 0.1) is 22.3 Å². The minimum atomic E-state index is -0.400. The third-order valence-electron chi connectivity index (χ3n) is 2.41. The number of anilines is 1. The fourth-order valence-corrected chi connectivity index (χ4v) is 1.58. The van der Waals surface area contributed by atoms with Gasteiger partial charge in [-0.25, -0.2) is 0 Å². The van der Waals surface area contributed by atoms with Crippen molar-refractivity contribution in [2.75, 3.05) is 11.9 Å². The van der Waals surface area contributed by atoms with Crippen molar-refractivity contribution in [2.24, 2.45) is 0 Å². The first-order valence-corrected chi connectivity index (χ1v) is 6.20. The van der Waals surface area contributed by atoms with Crippen molar-refractivity contribution in [3.8, 4) is 6.07 Å². The summed E-state index contributed by atoms with van der Waals surface area (Å²) in [7, 11) is 0. The third-order valence-corrected chi connectivity index (χ3v) is 2.74. The first-order chi connectivity index (χ1) is 8.58. The summed E-state index contributed by atoms with van der Waals surface area (Å²) in [5.74, 6) is -0.0877. The molecule has 0 aromatic heterocycles.